The Morgan fingerprint density at radius 2 is 0.743 bits per heavy atom. The van der Waals surface area contributed by atoms with E-state index in [2.05, 4.69) is 81.5 Å². The summed E-state index contributed by atoms with van der Waals surface area (Å²) in [5.74, 6) is -1.50. The van der Waals surface area contributed by atoms with E-state index in [1.807, 2.05) is 0 Å². The van der Waals surface area contributed by atoms with Crippen LogP contribution in [0.15, 0.2) is 60.8 Å². The molecule has 11 nitrogen and oxygen atoms in total. The molecule has 70 heavy (non-hydrogen) atoms. The van der Waals surface area contributed by atoms with Gasteiger partial charge in [0, 0.05) is 19.3 Å². The summed E-state index contributed by atoms with van der Waals surface area (Å²) in [4.78, 5) is 48.4. The first-order chi connectivity index (χ1) is 34.2. The normalized spacial score (nSPS) is 13.8. The van der Waals surface area contributed by atoms with Gasteiger partial charge in [0.05, 0.1) is 19.8 Å². The zero-order valence-corrected chi connectivity index (χ0v) is 45.6. The number of phosphoric acid groups is 1. The predicted molar refractivity (Wildman–Crippen MR) is 288 cm³/mol. The number of esters is 3. The quantitative estimate of drug-likeness (QED) is 0.0197. The van der Waals surface area contributed by atoms with Crippen molar-refractivity contribution in [3.8, 4) is 0 Å². The number of allylic oxidation sites excluding steroid dienone is 10. The molecule has 0 fully saturated rings. The molecule has 0 aliphatic heterocycles. The van der Waals surface area contributed by atoms with Crippen LogP contribution in [0.2, 0.25) is 0 Å². The van der Waals surface area contributed by atoms with Gasteiger partial charge < -0.3 is 24.2 Å². The number of unbranched alkanes of at least 4 members (excludes halogenated alkanes) is 25. The second kappa shape index (κ2) is 52.5. The maximum Gasteiger partial charge on any atom is 0.472 e. The van der Waals surface area contributed by atoms with Crippen LogP contribution in [0.4, 0.5) is 0 Å². The van der Waals surface area contributed by atoms with Crippen molar-refractivity contribution < 1.29 is 52.2 Å². The van der Waals surface area contributed by atoms with Gasteiger partial charge in [-0.25, -0.2) is 4.57 Å². The SMILES string of the molecule is CC/C=C\C/C=C\C/C=C\C/C=C\CCCCC(=O)OC(CO)COP(=O)(O)OCC(COC(=O)CCCCCCCCCCCCC)OC(=O)CCCCCCCCC/C=C\CCCCCCCC. The molecule has 3 unspecified atom stereocenters. The second-order valence-electron chi connectivity index (χ2n) is 18.7. The van der Waals surface area contributed by atoms with Crippen LogP contribution in [0.1, 0.15) is 252 Å². The Kier molecular flexibility index (Phi) is 50.4. The van der Waals surface area contributed by atoms with E-state index in [0.717, 1.165) is 89.9 Å². The zero-order chi connectivity index (χ0) is 51.3. The number of ether oxygens (including phenoxy) is 3. The summed E-state index contributed by atoms with van der Waals surface area (Å²) in [6.45, 7) is 4.48. The van der Waals surface area contributed by atoms with Crippen molar-refractivity contribution in [3.05, 3.63) is 60.8 Å². The van der Waals surface area contributed by atoms with E-state index in [1.165, 1.54) is 103 Å². The molecule has 0 saturated heterocycles. The molecule has 0 aromatic carbocycles. The summed E-state index contributed by atoms with van der Waals surface area (Å²) >= 11 is 0. The Hall–Kier alpha value is -2.82. The molecule has 0 aromatic rings. The van der Waals surface area contributed by atoms with Gasteiger partial charge in [0.2, 0.25) is 0 Å². The Morgan fingerprint density at radius 3 is 1.19 bits per heavy atom. The Labute approximate surface area is 427 Å². The van der Waals surface area contributed by atoms with E-state index in [1.54, 1.807) is 0 Å². The largest absolute Gasteiger partial charge is 0.472 e. The maximum absolute atomic E-state index is 12.9. The molecule has 0 aliphatic rings. The second-order valence-corrected chi connectivity index (χ2v) is 20.2. The Balaban J connectivity index is 4.73. The van der Waals surface area contributed by atoms with Crippen molar-refractivity contribution in [1.29, 1.82) is 0 Å². The summed E-state index contributed by atoms with van der Waals surface area (Å²) in [5.41, 5.74) is 0. The number of aliphatic hydroxyl groups excluding tert-OH is 1. The van der Waals surface area contributed by atoms with Crippen LogP contribution >= 0.6 is 7.82 Å². The maximum atomic E-state index is 12.9. The van der Waals surface area contributed by atoms with Crippen molar-refractivity contribution in [3.63, 3.8) is 0 Å². The number of phosphoric ester groups is 1. The topological polar surface area (TPSA) is 155 Å². The molecular weight excluding hydrogens is 904 g/mol. The lowest BCUT2D eigenvalue weighted by Gasteiger charge is -2.21. The Bertz CT molecular complexity index is 1410. The third kappa shape index (κ3) is 50.1. The first-order valence-electron chi connectivity index (χ1n) is 28.2. The average Bonchev–Trinajstić information content (AvgIpc) is 3.35. The van der Waals surface area contributed by atoms with Crippen molar-refractivity contribution in [2.24, 2.45) is 0 Å². The molecule has 0 rings (SSSR count). The van der Waals surface area contributed by atoms with Crippen LogP contribution in [0, 0.1) is 0 Å². The highest BCUT2D eigenvalue weighted by molar-refractivity contribution is 7.47. The zero-order valence-electron chi connectivity index (χ0n) is 44.7. The van der Waals surface area contributed by atoms with Crippen LogP contribution in [0.25, 0.3) is 0 Å². The van der Waals surface area contributed by atoms with E-state index in [0.29, 0.717) is 19.3 Å². The van der Waals surface area contributed by atoms with E-state index < -0.39 is 57.8 Å². The van der Waals surface area contributed by atoms with Gasteiger partial charge >= 0.3 is 25.7 Å². The van der Waals surface area contributed by atoms with Crippen LogP contribution < -0.4 is 0 Å². The van der Waals surface area contributed by atoms with Gasteiger partial charge in [-0.2, -0.15) is 0 Å². The van der Waals surface area contributed by atoms with Crippen molar-refractivity contribution in [2.75, 3.05) is 26.4 Å². The molecule has 0 aromatic heterocycles. The van der Waals surface area contributed by atoms with Gasteiger partial charge in [-0.05, 0) is 83.5 Å². The third-order valence-electron chi connectivity index (χ3n) is 11.9. The molecule has 0 heterocycles. The molecule has 0 aliphatic carbocycles. The lowest BCUT2D eigenvalue weighted by Crippen LogP contribution is -2.30. The fourth-order valence-electron chi connectivity index (χ4n) is 7.64. The highest BCUT2D eigenvalue weighted by Gasteiger charge is 2.28. The molecule has 0 bridgehead atoms. The lowest BCUT2D eigenvalue weighted by atomic mass is 10.1. The van der Waals surface area contributed by atoms with Crippen LogP contribution in [-0.4, -0.2) is 66.5 Å². The van der Waals surface area contributed by atoms with Gasteiger partial charge in [0.1, 0.15) is 12.7 Å². The lowest BCUT2D eigenvalue weighted by molar-refractivity contribution is -0.161. The van der Waals surface area contributed by atoms with Crippen LogP contribution in [0.3, 0.4) is 0 Å². The number of hydrogen-bond acceptors (Lipinski definition) is 10. The van der Waals surface area contributed by atoms with Gasteiger partial charge in [0.25, 0.3) is 0 Å². The highest BCUT2D eigenvalue weighted by Crippen LogP contribution is 2.43. The van der Waals surface area contributed by atoms with Gasteiger partial charge in [0.15, 0.2) is 6.10 Å². The monoisotopic (exact) mass is 1010 g/mol. The molecule has 0 saturated carbocycles. The highest BCUT2D eigenvalue weighted by atomic mass is 31.2. The Morgan fingerprint density at radius 1 is 0.414 bits per heavy atom. The summed E-state index contributed by atoms with van der Waals surface area (Å²) in [5, 5.41) is 9.79. The predicted octanol–water partition coefficient (Wildman–Crippen LogP) is 16.4. The standard InChI is InChI=1S/C58H103O11P/c1-4-7-10-13-16-19-22-24-26-27-29-31-34-37-40-43-46-49-58(62)69-55(51-65-56(60)47-44-41-38-35-32-21-18-15-12-9-6-3)53-67-70(63,64)66-52-54(50-59)68-57(61)48-45-42-39-36-33-30-28-25-23-20-17-14-11-8-5-2/h8,11,17,20,24-26,28,33,36,54-55,59H,4-7,9-10,12-16,18-19,21-23,27,29-32,34-35,37-53H2,1-3H3,(H,63,64)/b11-8-,20-17-,26-24-,28-25-,36-33-. The van der Waals surface area contributed by atoms with Crippen molar-refractivity contribution >= 4 is 25.7 Å². The molecule has 12 heteroatoms. The number of carbonyl (C=O) groups excluding carboxylic acids is 3. The average molecular weight is 1010 g/mol. The molecule has 3 atom stereocenters. The number of aliphatic hydroxyl groups is 1. The fraction of sp³-hybridized carbons (Fsp3) is 0.776. The molecule has 2 N–H and O–H groups in total. The summed E-state index contributed by atoms with van der Waals surface area (Å²) < 4.78 is 39.4. The van der Waals surface area contributed by atoms with Crippen LogP contribution in [0.5, 0.6) is 0 Å². The number of hydrogen-bond donors (Lipinski definition) is 2. The van der Waals surface area contributed by atoms with Gasteiger partial charge in [-0.15, -0.1) is 0 Å². The summed E-state index contributed by atoms with van der Waals surface area (Å²) in [7, 11) is -4.75. The molecule has 406 valence electrons. The van der Waals surface area contributed by atoms with E-state index in [-0.39, 0.29) is 25.9 Å². The molecular formula is C58H103O11P. The molecule has 0 amide bonds. The summed E-state index contributed by atoms with van der Waals surface area (Å²) in [6, 6.07) is 0. The molecule has 0 radical (unpaired) electrons. The van der Waals surface area contributed by atoms with Gasteiger partial charge in [-0.1, -0.05) is 210 Å². The van der Waals surface area contributed by atoms with E-state index in [4.69, 9.17) is 23.3 Å². The van der Waals surface area contributed by atoms with Crippen molar-refractivity contribution in [1.82, 2.24) is 0 Å². The van der Waals surface area contributed by atoms with E-state index >= 15 is 0 Å². The van der Waals surface area contributed by atoms with Gasteiger partial charge in [-0.3, -0.25) is 23.4 Å². The third-order valence-corrected chi connectivity index (χ3v) is 12.9. The van der Waals surface area contributed by atoms with Crippen molar-refractivity contribution in [2.45, 2.75) is 264 Å². The number of rotatable bonds is 52. The first-order valence-corrected chi connectivity index (χ1v) is 29.7. The fourth-order valence-corrected chi connectivity index (χ4v) is 8.42. The van der Waals surface area contributed by atoms with Crippen LogP contribution in [-0.2, 0) is 42.2 Å². The number of carbonyl (C=O) groups is 3. The first kappa shape index (κ1) is 67.2. The summed E-state index contributed by atoms with van der Waals surface area (Å²) in [6.07, 6.45) is 56.1. The van der Waals surface area contributed by atoms with E-state index in [9.17, 15) is 28.9 Å². The minimum Gasteiger partial charge on any atom is -0.462 e. The molecule has 0 spiro atoms. The minimum atomic E-state index is -4.75. The smallest absolute Gasteiger partial charge is 0.462 e. The minimum absolute atomic E-state index is 0.125.